The Morgan fingerprint density at radius 2 is 1.83 bits per heavy atom. The van der Waals surface area contributed by atoms with E-state index in [1.54, 1.807) is 0 Å². The lowest BCUT2D eigenvalue weighted by Crippen LogP contribution is -2.25. The van der Waals surface area contributed by atoms with Gasteiger partial charge >= 0.3 is 0 Å². The van der Waals surface area contributed by atoms with Gasteiger partial charge in [0.2, 0.25) is 0 Å². The first kappa shape index (κ1) is 13.3. The van der Waals surface area contributed by atoms with Gasteiger partial charge in [-0.3, -0.25) is 4.79 Å². The van der Waals surface area contributed by atoms with Crippen LogP contribution in [0.2, 0.25) is 0 Å². The van der Waals surface area contributed by atoms with Crippen molar-refractivity contribution in [2.75, 3.05) is 0 Å². The third kappa shape index (κ3) is 3.67. The Hall–Kier alpha value is -1.15. The topological polar surface area (TPSA) is 26.3 Å². The van der Waals surface area contributed by atoms with Crippen molar-refractivity contribution in [1.82, 2.24) is 0 Å². The van der Waals surface area contributed by atoms with E-state index in [-0.39, 0.29) is 0 Å². The normalized spacial score (nSPS) is 23.8. The van der Waals surface area contributed by atoms with Crippen molar-refractivity contribution in [3.8, 4) is 0 Å². The van der Waals surface area contributed by atoms with Crippen LogP contribution in [0.1, 0.15) is 44.6 Å². The second-order valence-electron chi connectivity index (χ2n) is 5.09. The highest BCUT2D eigenvalue weighted by atomic mass is 16.5. The average molecular weight is 246 g/mol. The van der Waals surface area contributed by atoms with E-state index in [0.717, 1.165) is 25.7 Å². The van der Waals surface area contributed by atoms with Gasteiger partial charge in [0.05, 0.1) is 12.7 Å². The molecule has 0 bridgehead atoms. The molecule has 0 heterocycles. The summed E-state index contributed by atoms with van der Waals surface area (Å²) in [7, 11) is 0. The molecule has 0 radical (unpaired) electrons. The molecular weight excluding hydrogens is 224 g/mol. The lowest BCUT2D eigenvalue weighted by molar-refractivity contribution is -0.124. The number of hydrogen-bond donors (Lipinski definition) is 0. The predicted octanol–water partition coefficient (Wildman–Crippen LogP) is 3.74. The van der Waals surface area contributed by atoms with E-state index >= 15 is 0 Å². The molecule has 2 heteroatoms. The molecule has 98 valence electrons. The molecule has 0 unspecified atom stereocenters. The van der Waals surface area contributed by atoms with E-state index in [0.29, 0.717) is 30.8 Å². The van der Waals surface area contributed by atoms with Crippen molar-refractivity contribution in [3.05, 3.63) is 35.9 Å². The first-order valence-corrected chi connectivity index (χ1v) is 6.98. The number of rotatable bonds is 5. The second kappa shape index (κ2) is 6.69. The highest BCUT2D eigenvalue weighted by molar-refractivity contribution is 5.80. The lowest BCUT2D eigenvalue weighted by Gasteiger charge is -2.27. The maximum absolute atomic E-state index is 11.6. The highest BCUT2D eigenvalue weighted by Gasteiger charge is 2.25. The van der Waals surface area contributed by atoms with E-state index in [1.165, 1.54) is 5.56 Å². The molecule has 0 atom stereocenters. The number of Topliss-reactive ketones (excluding diaryl/α,β-unsaturated/α-hetero) is 1. The summed E-state index contributed by atoms with van der Waals surface area (Å²) in [5, 5.41) is 0. The van der Waals surface area contributed by atoms with Crippen LogP contribution in [-0.2, 0) is 16.1 Å². The quantitative estimate of drug-likeness (QED) is 0.791. The molecule has 0 N–H and O–H groups in total. The molecule has 1 saturated carbocycles. The Morgan fingerprint density at radius 1 is 1.17 bits per heavy atom. The van der Waals surface area contributed by atoms with Gasteiger partial charge in [0.1, 0.15) is 5.78 Å². The van der Waals surface area contributed by atoms with Crippen molar-refractivity contribution in [2.24, 2.45) is 5.92 Å². The molecule has 1 aromatic carbocycles. The van der Waals surface area contributed by atoms with Crippen molar-refractivity contribution in [3.63, 3.8) is 0 Å². The van der Waals surface area contributed by atoms with Gasteiger partial charge in [0.25, 0.3) is 0 Å². The number of benzene rings is 1. The Bertz CT molecular complexity index is 364. The number of ketones is 1. The largest absolute Gasteiger partial charge is 0.374 e. The minimum Gasteiger partial charge on any atom is -0.374 e. The third-order valence-electron chi connectivity index (χ3n) is 3.81. The van der Waals surface area contributed by atoms with Gasteiger partial charge in [0, 0.05) is 12.3 Å². The zero-order chi connectivity index (χ0) is 12.8. The van der Waals surface area contributed by atoms with Crippen LogP contribution in [0.4, 0.5) is 0 Å². The van der Waals surface area contributed by atoms with Gasteiger partial charge in [-0.15, -0.1) is 0 Å². The molecule has 2 nitrogen and oxygen atoms in total. The van der Waals surface area contributed by atoms with Crippen LogP contribution < -0.4 is 0 Å². The monoisotopic (exact) mass is 246 g/mol. The molecule has 0 saturated heterocycles. The van der Waals surface area contributed by atoms with Gasteiger partial charge in [-0.2, -0.15) is 0 Å². The standard InChI is InChI=1S/C16H22O2/c1-2-16(17)14-8-10-15(11-9-14)18-12-13-6-4-3-5-7-13/h3-7,14-15H,2,8-12H2,1H3/t14-,15-. The zero-order valence-electron chi connectivity index (χ0n) is 11.1. The fourth-order valence-electron chi connectivity index (χ4n) is 2.63. The Balaban J connectivity index is 1.72. The number of ether oxygens (including phenoxy) is 1. The summed E-state index contributed by atoms with van der Waals surface area (Å²) in [6, 6.07) is 10.3. The maximum atomic E-state index is 11.6. The number of carbonyl (C=O) groups excluding carboxylic acids is 1. The van der Waals surface area contributed by atoms with E-state index in [9.17, 15) is 4.79 Å². The zero-order valence-corrected chi connectivity index (χ0v) is 11.1. The molecule has 0 aliphatic heterocycles. The molecule has 1 aliphatic carbocycles. The molecule has 1 aliphatic rings. The van der Waals surface area contributed by atoms with Crippen molar-refractivity contribution in [1.29, 1.82) is 0 Å². The Kier molecular flexibility index (Phi) is 4.94. The molecule has 1 fully saturated rings. The van der Waals surface area contributed by atoms with Crippen LogP contribution in [0.3, 0.4) is 0 Å². The smallest absolute Gasteiger partial charge is 0.135 e. The second-order valence-corrected chi connectivity index (χ2v) is 5.09. The minimum atomic E-state index is 0.298. The molecule has 2 rings (SSSR count). The predicted molar refractivity (Wildman–Crippen MR) is 72.3 cm³/mol. The first-order valence-electron chi connectivity index (χ1n) is 6.98. The van der Waals surface area contributed by atoms with E-state index < -0.39 is 0 Å². The number of hydrogen-bond acceptors (Lipinski definition) is 2. The fraction of sp³-hybridized carbons (Fsp3) is 0.562. The molecule has 0 amide bonds. The molecule has 18 heavy (non-hydrogen) atoms. The Morgan fingerprint density at radius 3 is 2.44 bits per heavy atom. The maximum Gasteiger partial charge on any atom is 0.135 e. The molecule has 1 aromatic rings. The van der Waals surface area contributed by atoms with Crippen LogP contribution in [0.25, 0.3) is 0 Å². The minimum absolute atomic E-state index is 0.298. The van der Waals surface area contributed by atoms with Gasteiger partial charge in [-0.25, -0.2) is 0 Å². The van der Waals surface area contributed by atoms with Crippen molar-refractivity contribution in [2.45, 2.75) is 51.7 Å². The SMILES string of the molecule is CCC(=O)[C@H]1CC[C@H](OCc2ccccc2)CC1. The van der Waals surface area contributed by atoms with Crippen LogP contribution >= 0.6 is 0 Å². The molecule has 0 spiro atoms. The van der Waals surface area contributed by atoms with Gasteiger partial charge in [0.15, 0.2) is 0 Å². The van der Waals surface area contributed by atoms with Crippen LogP contribution in [-0.4, -0.2) is 11.9 Å². The fourth-order valence-corrected chi connectivity index (χ4v) is 2.63. The van der Waals surface area contributed by atoms with Gasteiger partial charge in [-0.1, -0.05) is 37.3 Å². The Labute approximate surface area is 109 Å². The van der Waals surface area contributed by atoms with E-state index in [4.69, 9.17) is 4.74 Å². The van der Waals surface area contributed by atoms with Crippen molar-refractivity contribution >= 4 is 5.78 Å². The van der Waals surface area contributed by atoms with Gasteiger partial charge < -0.3 is 4.74 Å². The average Bonchev–Trinajstić information content (AvgIpc) is 2.46. The van der Waals surface area contributed by atoms with Crippen LogP contribution in [0.5, 0.6) is 0 Å². The third-order valence-corrected chi connectivity index (χ3v) is 3.81. The lowest BCUT2D eigenvalue weighted by atomic mass is 9.84. The summed E-state index contributed by atoms with van der Waals surface area (Å²) in [5.74, 6) is 0.725. The van der Waals surface area contributed by atoms with Crippen LogP contribution in [0.15, 0.2) is 30.3 Å². The summed E-state index contributed by atoms with van der Waals surface area (Å²) in [6.07, 6.45) is 5.09. The summed E-state index contributed by atoms with van der Waals surface area (Å²) in [5.41, 5.74) is 1.23. The first-order chi connectivity index (χ1) is 8.79. The summed E-state index contributed by atoms with van der Waals surface area (Å²) >= 11 is 0. The summed E-state index contributed by atoms with van der Waals surface area (Å²) in [6.45, 7) is 2.65. The van der Waals surface area contributed by atoms with E-state index in [2.05, 4.69) is 12.1 Å². The summed E-state index contributed by atoms with van der Waals surface area (Å²) in [4.78, 5) is 11.6. The molecule has 0 aromatic heterocycles. The van der Waals surface area contributed by atoms with Gasteiger partial charge in [-0.05, 0) is 31.2 Å². The van der Waals surface area contributed by atoms with Crippen LogP contribution in [0, 0.1) is 5.92 Å². The number of carbonyl (C=O) groups is 1. The van der Waals surface area contributed by atoms with E-state index in [1.807, 2.05) is 25.1 Å². The highest BCUT2D eigenvalue weighted by Crippen LogP contribution is 2.28. The summed E-state index contributed by atoms with van der Waals surface area (Å²) < 4.78 is 5.92. The molecular formula is C16H22O2. The van der Waals surface area contributed by atoms with Crippen molar-refractivity contribution < 1.29 is 9.53 Å².